The first-order chi connectivity index (χ1) is 28.9. The van der Waals surface area contributed by atoms with Crippen molar-refractivity contribution in [2.75, 3.05) is 0 Å². The van der Waals surface area contributed by atoms with Crippen molar-refractivity contribution in [2.24, 2.45) is 0 Å². The fourth-order valence-electron chi connectivity index (χ4n) is 7.57. The average Bonchev–Trinajstić information content (AvgIpc) is 3.76. The van der Waals surface area contributed by atoms with Gasteiger partial charge in [0.1, 0.15) is 17.5 Å². The number of nitrogens with one attached hydrogen (secondary N) is 2. The number of aromatic nitrogens is 3. The highest BCUT2D eigenvalue weighted by Gasteiger charge is 2.39. The molecule has 0 spiro atoms. The van der Waals surface area contributed by atoms with Gasteiger partial charge in [0.15, 0.2) is 5.60 Å². The van der Waals surface area contributed by atoms with Crippen molar-refractivity contribution in [1.82, 2.24) is 25.8 Å². The summed E-state index contributed by atoms with van der Waals surface area (Å²) in [7, 11) is 0. The maximum atomic E-state index is 13.1. The van der Waals surface area contributed by atoms with Crippen LogP contribution in [0.5, 0.6) is 5.75 Å². The zero-order valence-corrected chi connectivity index (χ0v) is 33.6. The van der Waals surface area contributed by atoms with Crippen molar-refractivity contribution in [2.45, 2.75) is 82.1 Å². The highest BCUT2D eigenvalue weighted by atomic mass is 35.5. The van der Waals surface area contributed by atoms with Crippen LogP contribution in [0, 0.1) is 11.3 Å². The Morgan fingerprint density at radius 3 is 1.98 bits per heavy atom. The molecule has 2 N–H and O–H groups in total. The summed E-state index contributed by atoms with van der Waals surface area (Å²) in [4.78, 5) is 32.6. The van der Waals surface area contributed by atoms with Crippen LogP contribution in [-0.4, -0.2) is 39.0 Å². The van der Waals surface area contributed by atoms with E-state index in [1.165, 1.54) is 0 Å². The maximum Gasteiger partial charge on any atom is 0.251 e. The first-order valence-corrected chi connectivity index (χ1v) is 20.6. The molecule has 7 rings (SSSR count). The molecule has 0 unspecified atom stereocenters. The number of nitrogens with zero attached hydrogens (tertiary/aromatic N) is 4. The molecule has 10 nitrogen and oxygen atoms in total. The SMILES string of the molecule is N#Cc1ccc(OC2CCC(NC(=O)c3ccc(-c4cn(CCCCCCC(=O)NOC(c5ccccc5)(c5ccccc5)c5ccccc5)nn4)cc3)CC2)cc1Cl. The minimum Gasteiger partial charge on any atom is -0.490 e. The fraction of sp³-hybridized carbons (Fsp3) is 0.271. The second-order valence-corrected chi connectivity index (χ2v) is 15.2. The number of hydrogen-bond acceptors (Lipinski definition) is 7. The number of hydrogen-bond donors (Lipinski definition) is 2. The Morgan fingerprint density at radius 2 is 1.39 bits per heavy atom. The number of halogens is 1. The number of unbranched alkanes of at least 4 members (excludes halogenated alkanes) is 3. The second kappa shape index (κ2) is 19.9. The van der Waals surface area contributed by atoms with E-state index in [4.69, 9.17) is 26.4 Å². The number of ether oxygens (including phenoxy) is 1. The molecule has 0 bridgehead atoms. The average molecular weight is 807 g/mol. The lowest BCUT2D eigenvalue weighted by Crippen LogP contribution is -2.40. The van der Waals surface area contributed by atoms with Gasteiger partial charge < -0.3 is 10.1 Å². The smallest absolute Gasteiger partial charge is 0.251 e. The summed E-state index contributed by atoms with van der Waals surface area (Å²) in [5.41, 5.74) is 7.17. The van der Waals surface area contributed by atoms with Crippen molar-refractivity contribution in [3.63, 3.8) is 0 Å². The molecule has 2 amide bonds. The predicted molar refractivity (Wildman–Crippen MR) is 227 cm³/mol. The summed E-state index contributed by atoms with van der Waals surface area (Å²) in [5, 5.41) is 21.3. The Kier molecular flexibility index (Phi) is 13.8. The Labute approximate surface area is 350 Å². The van der Waals surface area contributed by atoms with Gasteiger partial charge >= 0.3 is 0 Å². The lowest BCUT2D eigenvalue weighted by Gasteiger charge is -2.35. The summed E-state index contributed by atoms with van der Waals surface area (Å²) in [5.74, 6) is 0.382. The van der Waals surface area contributed by atoms with Crippen LogP contribution in [0.1, 0.15) is 90.4 Å². The van der Waals surface area contributed by atoms with E-state index in [1.807, 2.05) is 126 Å². The van der Waals surface area contributed by atoms with Gasteiger partial charge in [-0.1, -0.05) is 133 Å². The van der Waals surface area contributed by atoms with Crippen LogP contribution < -0.4 is 15.5 Å². The molecule has 1 fully saturated rings. The first kappa shape index (κ1) is 40.9. The van der Waals surface area contributed by atoms with Gasteiger partial charge in [0, 0.05) is 36.2 Å². The van der Waals surface area contributed by atoms with Crippen LogP contribution in [0.4, 0.5) is 0 Å². The number of rotatable bonds is 17. The first-order valence-electron chi connectivity index (χ1n) is 20.2. The highest BCUT2D eigenvalue weighted by molar-refractivity contribution is 6.31. The predicted octanol–water partition coefficient (Wildman–Crippen LogP) is 9.58. The molecule has 0 aliphatic heterocycles. The van der Waals surface area contributed by atoms with E-state index in [0.717, 1.165) is 79.3 Å². The zero-order valence-electron chi connectivity index (χ0n) is 32.8. The monoisotopic (exact) mass is 806 g/mol. The normalized spacial score (nSPS) is 15.2. The van der Waals surface area contributed by atoms with Gasteiger partial charge in [-0.15, -0.1) is 5.10 Å². The van der Waals surface area contributed by atoms with E-state index in [0.29, 0.717) is 34.9 Å². The molecule has 11 heteroatoms. The summed E-state index contributed by atoms with van der Waals surface area (Å²) >= 11 is 6.15. The van der Waals surface area contributed by atoms with Crippen molar-refractivity contribution < 1.29 is 19.2 Å². The number of amides is 2. The molecule has 1 aromatic heterocycles. The van der Waals surface area contributed by atoms with Gasteiger partial charge in [0.25, 0.3) is 5.91 Å². The molecule has 6 aromatic rings. The fourth-order valence-corrected chi connectivity index (χ4v) is 7.78. The summed E-state index contributed by atoms with van der Waals surface area (Å²) in [6.07, 6.45) is 9.02. The molecule has 1 heterocycles. The lowest BCUT2D eigenvalue weighted by molar-refractivity contribution is -0.143. The summed E-state index contributed by atoms with van der Waals surface area (Å²) < 4.78 is 7.92. The number of carbonyl (C=O) groups is 2. The molecule has 0 saturated heterocycles. The number of aryl methyl sites for hydroxylation is 1. The Balaban J connectivity index is 0.823. The van der Waals surface area contributed by atoms with Crippen molar-refractivity contribution >= 4 is 23.4 Å². The third-order valence-electron chi connectivity index (χ3n) is 10.8. The van der Waals surface area contributed by atoms with E-state index in [2.05, 4.69) is 27.2 Å². The molecule has 1 aliphatic carbocycles. The molecular weight excluding hydrogens is 760 g/mol. The van der Waals surface area contributed by atoms with Gasteiger partial charge in [0.2, 0.25) is 5.91 Å². The topological polar surface area (TPSA) is 131 Å². The molecule has 5 aromatic carbocycles. The van der Waals surface area contributed by atoms with Gasteiger partial charge in [-0.05, 0) is 79.5 Å². The molecule has 300 valence electrons. The number of benzene rings is 5. The van der Waals surface area contributed by atoms with E-state index < -0.39 is 5.60 Å². The highest BCUT2D eigenvalue weighted by Crippen LogP contribution is 2.39. The number of carbonyl (C=O) groups excluding carboxylic acids is 2. The minimum atomic E-state index is -1.02. The largest absolute Gasteiger partial charge is 0.490 e. The molecule has 1 saturated carbocycles. The van der Waals surface area contributed by atoms with E-state index in [9.17, 15) is 9.59 Å². The van der Waals surface area contributed by atoms with Gasteiger partial charge in [0.05, 0.1) is 22.9 Å². The Morgan fingerprint density at radius 1 is 0.780 bits per heavy atom. The minimum absolute atomic E-state index is 0.0348. The van der Waals surface area contributed by atoms with Gasteiger partial charge in [-0.3, -0.25) is 19.1 Å². The summed E-state index contributed by atoms with van der Waals surface area (Å²) in [6.45, 7) is 0.713. The third-order valence-corrected chi connectivity index (χ3v) is 11.1. The molecule has 59 heavy (non-hydrogen) atoms. The Hall–Kier alpha value is -6.28. The molecule has 0 radical (unpaired) electrons. The lowest BCUT2D eigenvalue weighted by atomic mass is 9.80. The van der Waals surface area contributed by atoms with Crippen LogP contribution in [0.2, 0.25) is 5.02 Å². The zero-order chi connectivity index (χ0) is 40.9. The van der Waals surface area contributed by atoms with Crippen molar-refractivity contribution in [1.29, 1.82) is 5.26 Å². The summed E-state index contributed by atoms with van der Waals surface area (Å²) in [6, 6.07) is 44.6. The number of hydroxylamine groups is 1. The van der Waals surface area contributed by atoms with Crippen LogP contribution >= 0.6 is 11.6 Å². The number of nitriles is 1. The molecule has 1 aliphatic rings. The molecular formula is C48H47ClN6O4. The van der Waals surface area contributed by atoms with Gasteiger partial charge in [-0.25, -0.2) is 5.48 Å². The maximum absolute atomic E-state index is 13.1. The van der Waals surface area contributed by atoms with Crippen LogP contribution in [0.25, 0.3) is 11.3 Å². The van der Waals surface area contributed by atoms with Crippen LogP contribution in [0.3, 0.4) is 0 Å². The standard InChI is InChI=1S/C48H47ClN6O4/c49-44-32-43(28-25-37(44)33-50)58-42-29-26-41(27-30-42)51-47(57)36-23-21-35(22-24-36)45-34-55(54-52-45)31-13-2-1-12-20-46(56)53-59-48(38-14-6-3-7-15-38,39-16-8-4-9-17-39)40-18-10-5-11-19-40/h3-11,14-19,21-25,28,32,34,41-42H,1-2,12-13,20,26-27,29-31H2,(H,51,57)(H,53,56). The quantitative estimate of drug-likeness (QED) is 0.0533. The van der Waals surface area contributed by atoms with Crippen LogP contribution in [-0.2, 0) is 21.8 Å². The second-order valence-electron chi connectivity index (χ2n) is 14.8. The van der Waals surface area contributed by atoms with E-state index >= 15 is 0 Å². The van der Waals surface area contributed by atoms with E-state index in [-0.39, 0.29) is 24.0 Å². The van der Waals surface area contributed by atoms with Crippen molar-refractivity contribution in [3.8, 4) is 23.1 Å². The Bertz CT molecular complexity index is 2230. The van der Waals surface area contributed by atoms with Crippen molar-refractivity contribution in [3.05, 3.63) is 172 Å². The van der Waals surface area contributed by atoms with Crippen LogP contribution in [0.15, 0.2) is 140 Å². The molecule has 0 atom stereocenters. The third kappa shape index (κ3) is 10.4. The van der Waals surface area contributed by atoms with Gasteiger partial charge in [-0.2, -0.15) is 5.26 Å². The van der Waals surface area contributed by atoms with E-state index in [1.54, 1.807) is 18.2 Å².